The van der Waals surface area contributed by atoms with Crippen LogP contribution in [-0.4, -0.2) is 24.7 Å². The molecule has 3 nitrogen and oxygen atoms in total. The largest absolute Gasteiger partial charge is 0.471 e. The van der Waals surface area contributed by atoms with E-state index in [0.29, 0.717) is 0 Å². The van der Waals surface area contributed by atoms with Crippen molar-refractivity contribution in [3.8, 4) is 0 Å². The molecule has 6 heteroatoms. The van der Waals surface area contributed by atoms with Gasteiger partial charge in [0.15, 0.2) is 0 Å². The minimum absolute atomic E-state index is 0.276. The Bertz CT molecular complexity index is 206. The van der Waals surface area contributed by atoms with Gasteiger partial charge in [-0.3, -0.25) is 4.79 Å². The summed E-state index contributed by atoms with van der Waals surface area (Å²) in [4.78, 5) is 13.1. The van der Waals surface area contributed by atoms with Gasteiger partial charge >= 0.3 is 12.1 Å². The molecule has 0 fully saturated rings. The number of amides is 1. The van der Waals surface area contributed by atoms with Crippen LogP contribution in [0.3, 0.4) is 0 Å². The molecule has 1 unspecified atom stereocenters. The first-order valence-corrected chi connectivity index (χ1v) is 3.09. The third-order valence-corrected chi connectivity index (χ3v) is 1.04. The summed E-state index contributed by atoms with van der Waals surface area (Å²) in [5, 5.41) is 1.60. The number of nitrogens with zero attached hydrogens (tertiary/aromatic N) is 1. The molecule has 0 aromatic heterocycles. The molecule has 0 aliphatic heterocycles. The van der Waals surface area contributed by atoms with Gasteiger partial charge in [0.1, 0.15) is 0 Å². The van der Waals surface area contributed by atoms with E-state index in [1.807, 2.05) is 0 Å². The summed E-state index contributed by atoms with van der Waals surface area (Å²) in [6, 6.07) is -0.628. The van der Waals surface area contributed by atoms with Gasteiger partial charge in [-0.1, -0.05) is 0 Å². The van der Waals surface area contributed by atoms with Gasteiger partial charge in [-0.05, 0) is 0 Å². The number of carbonyl (C=O) groups is 1. The predicted octanol–water partition coefficient (Wildman–Crippen LogP) is 0.973. The highest BCUT2D eigenvalue weighted by Crippen LogP contribution is 2.13. The smallest absolute Gasteiger partial charge is 0.340 e. The van der Waals surface area contributed by atoms with Crippen LogP contribution in [0.5, 0.6) is 0 Å². The molecule has 68 valence electrons. The summed E-state index contributed by atoms with van der Waals surface area (Å²) < 4.78 is 34.5. The summed E-state index contributed by atoms with van der Waals surface area (Å²) in [5.74, 6) is -2.00. The van der Waals surface area contributed by atoms with Gasteiger partial charge in [0.05, 0.1) is 6.54 Å². The minimum atomic E-state index is -4.86. The van der Waals surface area contributed by atoms with Gasteiger partial charge in [0, 0.05) is 6.92 Å². The van der Waals surface area contributed by atoms with Crippen LogP contribution in [0.4, 0.5) is 13.2 Å². The highest BCUT2D eigenvalue weighted by molar-refractivity contribution is 5.81. The van der Waals surface area contributed by atoms with E-state index < -0.39 is 18.1 Å². The summed E-state index contributed by atoms with van der Waals surface area (Å²) >= 11 is 0. The Morgan fingerprint density at radius 3 is 2.50 bits per heavy atom. The van der Waals surface area contributed by atoms with Crippen LogP contribution >= 0.6 is 0 Å². The van der Waals surface area contributed by atoms with Crippen molar-refractivity contribution >= 4 is 5.91 Å². The Labute approximate surface area is 67.4 Å². The normalized spacial score (nSPS) is 13.2. The monoisotopic (exact) mass is 180 g/mol. The maximum absolute atomic E-state index is 11.5. The Hall–Kier alpha value is -1.25. The van der Waals surface area contributed by atoms with Crippen molar-refractivity contribution < 1.29 is 18.0 Å². The van der Waals surface area contributed by atoms with E-state index in [2.05, 4.69) is 4.85 Å². The van der Waals surface area contributed by atoms with Crippen LogP contribution < -0.4 is 5.32 Å². The Morgan fingerprint density at radius 1 is 1.67 bits per heavy atom. The topological polar surface area (TPSA) is 33.5 Å². The molecule has 0 radical (unpaired) electrons. The molecule has 0 saturated carbocycles. The molecule has 0 saturated heterocycles. The molecule has 0 heterocycles. The molecule has 0 aromatic rings. The minimum Gasteiger partial charge on any atom is -0.340 e. The quantitative estimate of drug-likeness (QED) is 0.631. The van der Waals surface area contributed by atoms with Crippen LogP contribution in [0.15, 0.2) is 0 Å². The van der Waals surface area contributed by atoms with Crippen molar-refractivity contribution in [2.24, 2.45) is 0 Å². The van der Waals surface area contributed by atoms with Crippen LogP contribution in [0, 0.1) is 6.57 Å². The van der Waals surface area contributed by atoms with E-state index in [1.165, 1.54) is 6.92 Å². The first-order valence-electron chi connectivity index (χ1n) is 3.09. The average molecular weight is 180 g/mol. The molecular weight excluding hydrogens is 173 g/mol. The number of nitrogens with one attached hydrogen (secondary N) is 1. The number of carbonyl (C=O) groups excluding carboxylic acids is 1. The zero-order valence-electron chi connectivity index (χ0n) is 6.27. The zero-order valence-corrected chi connectivity index (χ0v) is 6.27. The van der Waals surface area contributed by atoms with E-state index in [-0.39, 0.29) is 6.54 Å². The summed E-state index contributed by atoms with van der Waals surface area (Å²) in [6.07, 6.45) is -4.86. The lowest BCUT2D eigenvalue weighted by Gasteiger charge is -2.06. The molecule has 0 aromatic carbocycles. The fourth-order valence-corrected chi connectivity index (χ4v) is 0.386. The van der Waals surface area contributed by atoms with Gasteiger partial charge in [-0.25, -0.2) is 6.57 Å². The molecule has 1 N–H and O–H groups in total. The molecule has 0 aliphatic carbocycles. The Morgan fingerprint density at radius 2 is 2.17 bits per heavy atom. The third-order valence-electron chi connectivity index (χ3n) is 1.04. The molecule has 1 atom stereocenters. The molecule has 1 amide bonds. The SMILES string of the molecule is [C-]#[N+]C(C)CNC(=O)C(F)(F)F. The average Bonchev–Trinajstić information content (AvgIpc) is 1.97. The van der Waals surface area contributed by atoms with E-state index in [1.54, 1.807) is 5.32 Å². The van der Waals surface area contributed by atoms with Crippen LogP contribution in [-0.2, 0) is 4.79 Å². The number of alkyl halides is 3. The summed E-state index contributed by atoms with van der Waals surface area (Å²) in [6.45, 7) is 7.55. The number of hydrogen-bond donors (Lipinski definition) is 1. The van der Waals surface area contributed by atoms with Crippen molar-refractivity contribution in [3.05, 3.63) is 11.4 Å². The van der Waals surface area contributed by atoms with E-state index >= 15 is 0 Å². The van der Waals surface area contributed by atoms with Crippen molar-refractivity contribution in [1.82, 2.24) is 5.32 Å². The second kappa shape index (κ2) is 3.95. The second-order valence-electron chi connectivity index (χ2n) is 2.19. The standard InChI is InChI=1S/C6H7F3N2O/c1-4(10-2)3-11-5(12)6(7,8)9/h4H,3H2,1H3,(H,11,12). The molecule has 0 aliphatic rings. The molecule has 0 bridgehead atoms. The van der Waals surface area contributed by atoms with Gasteiger partial charge < -0.3 is 10.2 Å². The van der Waals surface area contributed by atoms with Crippen molar-refractivity contribution in [1.29, 1.82) is 0 Å². The summed E-state index contributed by atoms with van der Waals surface area (Å²) in [7, 11) is 0. The highest BCUT2D eigenvalue weighted by Gasteiger charge is 2.38. The highest BCUT2D eigenvalue weighted by atomic mass is 19.4. The molecule has 12 heavy (non-hydrogen) atoms. The first kappa shape index (κ1) is 10.8. The van der Waals surface area contributed by atoms with Gasteiger partial charge in [-0.2, -0.15) is 13.2 Å². The molecular formula is C6H7F3N2O. The van der Waals surface area contributed by atoms with Crippen LogP contribution in [0.2, 0.25) is 0 Å². The van der Waals surface area contributed by atoms with Crippen LogP contribution in [0.25, 0.3) is 4.85 Å². The lowest BCUT2D eigenvalue weighted by Crippen LogP contribution is -2.39. The third kappa shape index (κ3) is 3.81. The van der Waals surface area contributed by atoms with Crippen molar-refractivity contribution in [3.63, 3.8) is 0 Å². The Kier molecular flexibility index (Phi) is 3.54. The number of hydrogen-bond acceptors (Lipinski definition) is 1. The maximum atomic E-state index is 11.5. The zero-order chi connectivity index (χ0) is 9.78. The Balaban J connectivity index is 3.82. The predicted molar refractivity (Wildman–Crippen MR) is 35.1 cm³/mol. The summed E-state index contributed by atoms with van der Waals surface area (Å²) in [5.41, 5.74) is 0. The van der Waals surface area contributed by atoms with Crippen molar-refractivity contribution in [2.45, 2.75) is 19.1 Å². The maximum Gasteiger partial charge on any atom is 0.471 e. The van der Waals surface area contributed by atoms with Gasteiger partial charge in [-0.15, -0.1) is 0 Å². The lowest BCUT2D eigenvalue weighted by atomic mass is 10.3. The molecule has 0 rings (SSSR count). The van der Waals surface area contributed by atoms with Gasteiger partial charge in [0.25, 0.3) is 0 Å². The molecule has 0 spiro atoms. The van der Waals surface area contributed by atoms with Crippen LogP contribution in [0.1, 0.15) is 6.92 Å². The van der Waals surface area contributed by atoms with E-state index in [4.69, 9.17) is 6.57 Å². The first-order chi connectivity index (χ1) is 5.38. The van der Waals surface area contributed by atoms with Crippen molar-refractivity contribution in [2.75, 3.05) is 6.54 Å². The lowest BCUT2D eigenvalue weighted by molar-refractivity contribution is -0.173. The fraction of sp³-hybridized carbons (Fsp3) is 0.667. The number of rotatable bonds is 2. The van der Waals surface area contributed by atoms with Gasteiger partial charge in [0.2, 0.25) is 6.04 Å². The van der Waals surface area contributed by atoms with E-state index in [9.17, 15) is 18.0 Å². The number of halogens is 3. The van der Waals surface area contributed by atoms with E-state index in [0.717, 1.165) is 0 Å². The second-order valence-corrected chi connectivity index (χ2v) is 2.19. The fourth-order valence-electron chi connectivity index (χ4n) is 0.386.